The number of quaternary nitrogens is 1. The van der Waals surface area contributed by atoms with Crippen LogP contribution >= 0.6 is 0 Å². The van der Waals surface area contributed by atoms with Crippen molar-refractivity contribution in [2.45, 2.75) is 322 Å². The normalized spacial score (nSPS) is 13.0. The molecule has 2 unspecified atom stereocenters. The Bertz CT molecular complexity index is 1400. The lowest BCUT2D eigenvalue weighted by Gasteiger charge is -2.26. The van der Waals surface area contributed by atoms with Gasteiger partial charge < -0.3 is 33.3 Å². The highest BCUT2D eigenvalue weighted by Crippen LogP contribution is 2.18. The molecule has 0 rings (SSSR count). The van der Waals surface area contributed by atoms with E-state index in [9.17, 15) is 19.5 Å². The SMILES string of the molecule is CCC/C=C\C/C=C\CCCCCCCC(=O)OCC(COC(OCC[N+](C)(C)C)C(=O)[O-])OC(=O)CCCCCCCCCCCCCCCCCCCCCCCCCCCCC/C=C\C/C=C\CCCCCCC. The van der Waals surface area contributed by atoms with Gasteiger partial charge in [0.1, 0.15) is 13.2 Å². The zero-order valence-electron chi connectivity index (χ0n) is 51.3. The summed E-state index contributed by atoms with van der Waals surface area (Å²) >= 11 is 0. The quantitative estimate of drug-likeness (QED) is 0.0195. The van der Waals surface area contributed by atoms with Crippen LogP contribution in [-0.2, 0) is 33.3 Å². The Hall–Kier alpha value is -2.75. The molecule has 0 aliphatic carbocycles. The number of aliphatic carboxylic acids is 1. The van der Waals surface area contributed by atoms with Gasteiger partial charge in [-0.1, -0.05) is 274 Å². The van der Waals surface area contributed by atoms with E-state index in [0.29, 0.717) is 17.4 Å². The Kier molecular flexibility index (Phi) is 57.3. The second kappa shape index (κ2) is 59.4. The maximum atomic E-state index is 12.9. The van der Waals surface area contributed by atoms with Crippen LogP contribution < -0.4 is 5.11 Å². The number of carbonyl (C=O) groups is 3. The number of carboxylic acid groups (broad SMARTS) is 1. The molecule has 0 aliphatic heterocycles. The van der Waals surface area contributed by atoms with Crippen LogP contribution in [-0.4, -0.2) is 82.3 Å². The van der Waals surface area contributed by atoms with Crippen molar-refractivity contribution >= 4 is 17.9 Å². The number of nitrogens with zero attached hydrogens (tertiary/aromatic N) is 1. The van der Waals surface area contributed by atoms with Crippen LogP contribution in [0.4, 0.5) is 0 Å². The molecule has 0 fully saturated rings. The minimum Gasteiger partial charge on any atom is -0.545 e. The van der Waals surface area contributed by atoms with Crippen molar-refractivity contribution in [3.63, 3.8) is 0 Å². The molecule has 0 aromatic heterocycles. The Labute approximate surface area is 476 Å². The third kappa shape index (κ3) is 60.7. The van der Waals surface area contributed by atoms with Crippen molar-refractivity contribution in [1.29, 1.82) is 0 Å². The second-order valence-electron chi connectivity index (χ2n) is 23.4. The molecule has 0 bridgehead atoms. The van der Waals surface area contributed by atoms with Gasteiger partial charge in [0.25, 0.3) is 0 Å². The summed E-state index contributed by atoms with van der Waals surface area (Å²) < 4.78 is 22.7. The number of hydrogen-bond acceptors (Lipinski definition) is 8. The van der Waals surface area contributed by atoms with E-state index in [1.165, 1.54) is 205 Å². The first-order valence-electron chi connectivity index (χ1n) is 32.8. The molecule has 0 amide bonds. The van der Waals surface area contributed by atoms with Gasteiger partial charge in [0.2, 0.25) is 0 Å². The number of hydrogen-bond donors (Lipinski definition) is 0. The topological polar surface area (TPSA) is 111 Å². The summed E-state index contributed by atoms with van der Waals surface area (Å²) in [6.07, 6.45) is 72.2. The van der Waals surface area contributed by atoms with Gasteiger partial charge >= 0.3 is 11.9 Å². The maximum Gasteiger partial charge on any atom is 0.306 e. The predicted molar refractivity (Wildman–Crippen MR) is 325 cm³/mol. The van der Waals surface area contributed by atoms with E-state index in [-0.39, 0.29) is 38.6 Å². The number of esters is 2. The molecule has 450 valence electrons. The minimum atomic E-state index is -1.62. The van der Waals surface area contributed by atoms with Crippen molar-refractivity contribution in [3.8, 4) is 0 Å². The number of unbranched alkanes of at least 4 members (excludes halogenated alkanes) is 38. The fraction of sp³-hybridized carbons (Fsp3) is 0.838. The third-order valence-electron chi connectivity index (χ3n) is 14.5. The number of likely N-dealkylation sites (N-methyl/N-ethyl adjacent to an activating group) is 1. The summed E-state index contributed by atoms with van der Waals surface area (Å²) in [5, 5.41) is 11.8. The first-order valence-corrected chi connectivity index (χ1v) is 32.8. The van der Waals surface area contributed by atoms with E-state index in [1.807, 2.05) is 21.1 Å². The maximum absolute atomic E-state index is 12.9. The van der Waals surface area contributed by atoms with Gasteiger partial charge in [-0.2, -0.15) is 0 Å². The first-order chi connectivity index (χ1) is 37.6. The number of allylic oxidation sites excluding steroid dienone is 8. The number of rotatable bonds is 61. The molecule has 9 nitrogen and oxygen atoms in total. The third-order valence-corrected chi connectivity index (χ3v) is 14.5. The van der Waals surface area contributed by atoms with Crippen molar-refractivity contribution in [3.05, 3.63) is 48.6 Å². The monoisotopic (exact) mass is 1080 g/mol. The summed E-state index contributed by atoms with van der Waals surface area (Å²) in [6, 6.07) is 0. The Balaban J connectivity index is 3.92. The molecule has 0 aliphatic rings. The van der Waals surface area contributed by atoms with Crippen LogP contribution in [0.1, 0.15) is 309 Å². The van der Waals surface area contributed by atoms with Crippen molar-refractivity contribution in [1.82, 2.24) is 0 Å². The molecule has 2 atom stereocenters. The van der Waals surface area contributed by atoms with Gasteiger partial charge in [-0.05, 0) is 70.6 Å². The molecule has 0 spiro atoms. The highest BCUT2D eigenvalue weighted by molar-refractivity contribution is 5.70. The summed E-state index contributed by atoms with van der Waals surface area (Å²) in [5.74, 6) is -2.29. The predicted octanol–water partition coefficient (Wildman–Crippen LogP) is 18.5. The number of ether oxygens (including phenoxy) is 4. The summed E-state index contributed by atoms with van der Waals surface area (Å²) in [6.45, 7) is 4.68. The van der Waals surface area contributed by atoms with E-state index in [4.69, 9.17) is 18.9 Å². The van der Waals surface area contributed by atoms with Crippen molar-refractivity contribution in [2.75, 3.05) is 47.5 Å². The molecule has 77 heavy (non-hydrogen) atoms. The molecule has 0 N–H and O–H groups in total. The van der Waals surface area contributed by atoms with Gasteiger partial charge in [0, 0.05) is 12.8 Å². The lowest BCUT2D eigenvalue weighted by Crippen LogP contribution is -2.44. The van der Waals surface area contributed by atoms with Crippen LogP contribution in [0.5, 0.6) is 0 Å². The van der Waals surface area contributed by atoms with Gasteiger partial charge in [-0.15, -0.1) is 0 Å². The zero-order chi connectivity index (χ0) is 56.2. The van der Waals surface area contributed by atoms with E-state index < -0.39 is 24.3 Å². The van der Waals surface area contributed by atoms with Crippen LogP contribution in [0, 0.1) is 0 Å². The van der Waals surface area contributed by atoms with E-state index in [0.717, 1.165) is 70.6 Å². The highest BCUT2D eigenvalue weighted by Gasteiger charge is 2.22. The largest absolute Gasteiger partial charge is 0.545 e. The number of carboxylic acids is 1. The summed E-state index contributed by atoms with van der Waals surface area (Å²) in [7, 11) is 5.92. The van der Waals surface area contributed by atoms with Crippen LogP contribution in [0.15, 0.2) is 48.6 Å². The first kappa shape index (κ1) is 74.2. The average molecular weight is 1080 g/mol. The minimum absolute atomic E-state index is 0.146. The lowest BCUT2D eigenvalue weighted by atomic mass is 10.0. The standard InChI is InChI=1S/C68H125NO8/c1-6-8-10-12-14-16-18-20-21-22-23-24-25-26-27-28-29-30-31-32-33-34-35-36-37-38-39-40-41-42-43-44-45-47-49-51-53-55-57-59-66(71)77-64(63-76-68(67(72)73)74-61-60-69(3,4)5)62-75-65(70)58-56-54-52-50-48-46-19-17-15-13-11-9-7-2/h11,13,17-20,22-23,64,68H,6-10,12,14-16,21,24-63H2,1-5H3/b13-11-,19-17-,20-18-,23-22-. The van der Waals surface area contributed by atoms with Crippen LogP contribution in [0.25, 0.3) is 0 Å². The molecule has 0 heterocycles. The molecule has 0 saturated carbocycles. The van der Waals surface area contributed by atoms with E-state index in [1.54, 1.807) is 0 Å². The fourth-order valence-electron chi connectivity index (χ4n) is 9.49. The average Bonchev–Trinajstić information content (AvgIpc) is 3.40. The van der Waals surface area contributed by atoms with Gasteiger partial charge in [0.15, 0.2) is 12.4 Å². The Morgan fingerprint density at radius 3 is 1.08 bits per heavy atom. The van der Waals surface area contributed by atoms with Crippen molar-refractivity contribution in [2.24, 2.45) is 0 Å². The van der Waals surface area contributed by atoms with E-state index in [2.05, 4.69) is 62.5 Å². The van der Waals surface area contributed by atoms with Crippen molar-refractivity contribution < 1.29 is 42.9 Å². The summed E-state index contributed by atoms with van der Waals surface area (Å²) in [4.78, 5) is 37.2. The molecular weight excluding hydrogens is 959 g/mol. The smallest absolute Gasteiger partial charge is 0.306 e. The molecular formula is C68H125NO8. The zero-order valence-corrected chi connectivity index (χ0v) is 51.3. The highest BCUT2D eigenvalue weighted by atomic mass is 16.7. The van der Waals surface area contributed by atoms with E-state index >= 15 is 0 Å². The van der Waals surface area contributed by atoms with Gasteiger partial charge in [-0.25, -0.2) is 0 Å². The molecule has 0 radical (unpaired) electrons. The summed E-state index contributed by atoms with van der Waals surface area (Å²) in [5.41, 5.74) is 0. The Morgan fingerprint density at radius 2 is 0.727 bits per heavy atom. The molecule has 0 aromatic carbocycles. The lowest BCUT2D eigenvalue weighted by molar-refractivity contribution is -0.870. The molecule has 0 saturated heterocycles. The Morgan fingerprint density at radius 1 is 0.390 bits per heavy atom. The second-order valence-corrected chi connectivity index (χ2v) is 23.4. The van der Waals surface area contributed by atoms with Gasteiger partial charge in [-0.3, -0.25) is 9.59 Å². The van der Waals surface area contributed by atoms with Gasteiger partial charge in [0.05, 0.1) is 40.3 Å². The molecule has 9 heteroatoms. The molecule has 0 aromatic rings. The van der Waals surface area contributed by atoms with Crippen LogP contribution in [0.3, 0.4) is 0 Å². The number of carbonyl (C=O) groups excluding carboxylic acids is 3. The fourth-order valence-corrected chi connectivity index (χ4v) is 9.49. The van der Waals surface area contributed by atoms with Crippen LogP contribution in [0.2, 0.25) is 0 Å².